The lowest BCUT2D eigenvalue weighted by Gasteiger charge is -2.28. The number of carboxylic acid groups (broad SMARTS) is 1. The molecule has 4 nitrogen and oxygen atoms in total. The van der Waals surface area contributed by atoms with E-state index in [9.17, 15) is 9.90 Å². The summed E-state index contributed by atoms with van der Waals surface area (Å²) in [5, 5.41) is 12.7. The molecule has 1 heterocycles. The number of aromatic carboxylic acids is 1. The van der Waals surface area contributed by atoms with Gasteiger partial charge in [-0.15, -0.1) is 0 Å². The van der Waals surface area contributed by atoms with E-state index in [4.69, 9.17) is 0 Å². The van der Waals surface area contributed by atoms with E-state index >= 15 is 0 Å². The number of anilines is 1. The van der Waals surface area contributed by atoms with Gasteiger partial charge in [-0.3, -0.25) is 4.98 Å². The quantitative estimate of drug-likeness (QED) is 0.870. The van der Waals surface area contributed by atoms with Crippen LogP contribution >= 0.6 is 11.8 Å². The SMILES string of the molecule is CSC1(CNc2cc(C)nc(C)c2C(=O)O)CCCC1. The third-order valence-corrected chi connectivity index (χ3v) is 5.51. The topological polar surface area (TPSA) is 62.2 Å². The van der Waals surface area contributed by atoms with Crippen molar-refractivity contribution < 1.29 is 9.90 Å². The number of nitrogens with zero attached hydrogens (tertiary/aromatic N) is 1. The molecule has 0 saturated heterocycles. The third kappa shape index (κ3) is 3.08. The van der Waals surface area contributed by atoms with Crippen LogP contribution in [-0.2, 0) is 0 Å². The first-order chi connectivity index (χ1) is 9.47. The lowest BCUT2D eigenvalue weighted by molar-refractivity contribution is 0.0696. The highest BCUT2D eigenvalue weighted by Crippen LogP contribution is 2.40. The summed E-state index contributed by atoms with van der Waals surface area (Å²) in [5.74, 6) is -0.915. The molecule has 1 aliphatic rings. The fourth-order valence-electron chi connectivity index (χ4n) is 2.97. The zero-order chi connectivity index (χ0) is 14.8. The van der Waals surface area contributed by atoms with Crippen LogP contribution in [0.25, 0.3) is 0 Å². The maximum absolute atomic E-state index is 11.4. The predicted octanol–water partition coefficient (Wildman–Crippen LogP) is 3.48. The van der Waals surface area contributed by atoms with Gasteiger partial charge in [-0.05, 0) is 39.0 Å². The van der Waals surface area contributed by atoms with Gasteiger partial charge in [0.2, 0.25) is 0 Å². The Labute approximate surface area is 124 Å². The molecule has 0 spiro atoms. The highest BCUT2D eigenvalue weighted by atomic mass is 32.2. The summed E-state index contributed by atoms with van der Waals surface area (Å²) in [6, 6.07) is 1.83. The van der Waals surface area contributed by atoms with Crippen LogP contribution < -0.4 is 5.32 Å². The molecule has 0 aliphatic heterocycles. The van der Waals surface area contributed by atoms with Crippen LogP contribution in [0.4, 0.5) is 5.69 Å². The molecule has 1 aromatic heterocycles. The summed E-state index contributed by atoms with van der Waals surface area (Å²) < 4.78 is 0.251. The normalized spacial score (nSPS) is 17.1. The number of hydrogen-bond donors (Lipinski definition) is 2. The number of pyridine rings is 1. The van der Waals surface area contributed by atoms with Crippen molar-refractivity contribution in [3.63, 3.8) is 0 Å². The number of carboxylic acids is 1. The molecule has 1 aromatic rings. The van der Waals surface area contributed by atoms with Crippen molar-refractivity contribution in [2.75, 3.05) is 18.1 Å². The smallest absolute Gasteiger partial charge is 0.339 e. The van der Waals surface area contributed by atoms with Gasteiger partial charge in [0.25, 0.3) is 0 Å². The van der Waals surface area contributed by atoms with Crippen molar-refractivity contribution in [1.29, 1.82) is 0 Å². The van der Waals surface area contributed by atoms with E-state index in [1.165, 1.54) is 25.7 Å². The summed E-state index contributed by atoms with van der Waals surface area (Å²) >= 11 is 1.90. The Balaban J connectivity index is 2.22. The van der Waals surface area contributed by atoms with Crippen molar-refractivity contribution in [2.45, 2.75) is 44.3 Å². The molecule has 0 bridgehead atoms. The van der Waals surface area contributed by atoms with E-state index in [1.54, 1.807) is 6.92 Å². The van der Waals surface area contributed by atoms with Crippen LogP contribution in [0, 0.1) is 13.8 Å². The monoisotopic (exact) mass is 294 g/mol. The molecule has 0 radical (unpaired) electrons. The average molecular weight is 294 g/mol. The highest BCUT2D eigenvalue weighted by Gasteiger charge is 2.33. The van der Waals surface area contributed by atoms with Gasteiger partial charge < -0.3 is 10.4 Å². The maximum atomic E-state index is 11.4. The molecule has 1 saturated carbocycles. The van der Waals surface area contributed by atoms with E-state index in [2.05, 4.69) is 16.6 Å². The summed E-state index contributed by atoms with van der Waals surface area (Å²) in [6.45, 7) is 4.46. The standard InChI is InChI=1S/C15H22N2O2S/c1-10-8-12(13(14(18)19)11(2)17-10)16-9-15(20-3)6-4-5-7-15/h8H,4-7,9H2,1-3H3,(H,16,17)(H,18,19). The van der Waals surface area contributed by atoms with Crippen LogP contribution in [0.2, 0.25) is 0 Å². The second-order valence-electron chi connectivity index (χ2n) is 5.52. The lowest BCUT2D eigenvalue weighted by atomic mass is 10.1. The minimum Gasteiger partial charge on any atom is -0.478 e. The molecule has 20 heavy (non-hydrogen) atoms. The van der Waals surface area contributed by atoms with Gasteiger partial charge in [-0.25, -0.2) is 4.79 Å². The van der Waals surface area contributed by atoms with Gasteiger partial charge in [0.05, 0.1) is 11.4 Å². The largest absolute Gasteiger partial charge is 0.478 e. The van der Waals surface area contributed by atoms with E-state index in [1.807, 2.05) is 24.8 Å². The van der Waals surface area contributed by atoms with Crippen molar-refractivity contribution in [3.8, 4) is 0 Å². The Hall–Kier alpha value is -1.23. The maximum Gasteiger partial charge on any atom is 0.339 e. The van der Waals surface area contributed by atoms with Crippen LogP contribution in [0.3, 0.4) is 0 Å². The van der Waals surface area contributed by atoms with E-state index in [0.29, 0.717) is 16.9 Å². The molecule has 1 fully saturated rings. The van der Waals surface area contributed by atoms with E-state index in [0.717, 1.165) is 12.2 Å². The Kier molecular flexibility index (Phi) is 4.58. The molecule has 0 aromatic carbocycles. The van der Waals surface area contributed by atoms with E-state index < -0.39 is 5.97 Å². The van der Waals surface area contributed by atoms with Gasteiger partial charge in [-0.2, -0.15) is 11.8 Å². The number of nitrogens with one attached hydrogen (secondary N) is 1. The molecule has 5 heteroatoms. The van der Waals surface area contributed by atoms with E-state index in [-0.39, 0.29) is 4.75 Å². The zero-order valence-electron chi connectivity index (χ0n) is 12.3. The number of carbonyl (C=O) groups is 1. The summed E-state index contributed by atoms with van der Waals surface area (Å²) in [4.78, 5) is 15.7. The van der Waals surface area contributed by atoms with Crippen LogP contribution in [0.1, 0.15) is 47.4 Å². The first-order valence-corrected chi connectivity index (χ1v) is 8.20. The predicted molar refractivity (Wildman–Crippen MR) is 83.9 cm³/mol. The molecular weight excluding hydrogens is 272 g/mol. The third-order valence-electron chi connectivity index (χ3n) is 4.09. The van der Waals surface area contributed by atoms with Crippen LogP contribution in [-0.4, -0.2) is 33.6 Å². The molecule has 0 unspecified atom stereocenters. The second kappa shape index (κ2) is 6.04. The Bertz CT molecular complexity index is 511. The highest BCUT2D eigenvalue weighted by molar-refractivity contribution is 8.00. The second-order valence-corrected chi connectivity index (χ2v) is 6.80. The van der Waals surface area contributed by atoms with Crippen molar-refractivity contribution >= 4 is 23.4 Å². The average Bonchev–Trinajstić information content (AvgIpc) is 2.84. The Morgan fingerprint density at radius 1 is 1.45 bits per heavy atom. The minimum absolute atomic E-state index is 0.251. The van der Waals surface area contributed by atoms with Crippen molar-refractivity contribution in [3.05, 3.63) is 23.0 Å². The molecule has 110 valence electrons. The van der Waals surface area contributed by atoms with Crippen molar-refractivity contribution in [2.24, 2.45) is 0 Å². The summed E-state index contributed by atoms with van der Waals surface area (Å²) in [6.07, 6.45) is 7.08. The van der Waals surface area contributed by atoms with Gasteiger partial charge in [0, 0.05) is 17.0 Å². The fraction of sp³-hybridized carbons (Fsp3) is 0.600. The Morgan fingerprint density at radius 3 is 2.65 bits per heavy atom. The lowest BCUT2D eigenvalue weighted by Crippen LogP contribution is -2.30. The van der Waals surface area contributed by atoms with Gasteiger partial charge in [-0.1, -0.05) is 12.8 Å². The first kappa shape index (κ1) is 15.2. The summed E-state index contributed by atoms with van der Waals surface area (Å²) in [7, 11) is 0. The number of aromatic nitrogens is 1. The molecular formula is C15H22N2O2S. The van der Waals surface area contributed by atoms with Gasteiger partial charge in [0.1, 0.15) is 5.56 Å². The minimum atomic E-state index is -0.915. The molecule has 1 aliphatic carbocycles. The fourth-order valence-corrected chi connectivity index (χ4v) is 3.88. The molecule has 0 amide bonds. The number of aryl methyl sites for hydroxylation is 2. The zero-order valence-corrected chi connectivity index (χ0v) is 13.1. The van der Waals surface area contributed by atoms with Gasteiger partial charge in [0.15, 0.2) is 0 Å². The van der Waals surface area contributed by atoms with Gasteiger partial charge >= 0.3 is 5.97 Å². The Morgan fingerprint density at radius 2 is 2.10 bits per heavy atom. The molecule has 2 N–H and O–H groups in total. The van der Waals surface area contributed by atoms with Crippen LogP contribution in [0.15, 0.2) is 6.07 Å². The molecule has 2 rings (SSSR count). The number of thioether (sulfide) groups is 1. The summed E-state index contributed by atoms with van der Waals surface area (Å²) in [5.41, 5.74) is 2.41. The molecule has 0 atom stereocenters. The number of hydrogen-bond acceptors (Lipinski definition) is 4. The van der Waals surface area contributed by atoms with Crippen LogP contribution in [0.5, 0.6) is 0 Å². The first-order valence-electron chi connectivity index (χ1n) is 6.98. The van der Waals surface area contributed by atoms with Crippen molar-refractivity contribution in [1.82, 2.24) is 4.98 Å². The number of rotatable bonds is 5.